The molecule has 0 spiro atoms. The summed E-state index contributed by atoms with van der Waals surface area (Å²) in [6, 6.07) is 15.7. The molecule has 0 bridgehead atoms. The topological polar surface area (TPSA) is 47.3 Å². The Morgan fingerprint density at radius 2 is 1.90 bits per heavy atom. The van der Waals surface area contributed by atoms with Crippen molar-refractivity contribution in [1.82, 2.24) is 9.55 Å². The summed E-state index contributed by atoms with van der Waals surface area (Å²) in [6.45, 7) is 2.75. The van der Waals surface area contributed by atoms with Gasteiger partial charge in [0.2, 0.25) is 0 Å². The molecule has 1 aromatic heterocycles. The van der Waals surface area contributed by atoms with Gasteiger partial charge < -0.3 is 14.4 Å². The Bertz CT molecular complexity index is 719. The highest BCUT2D eigenvalue weighted by molar-refractivity contribution is 5.74. The molecule has 2 aromatic carbocycles. The van der Waals surface area contributed by atoms with Crippen LogP contribution in [-0.4, -0.2) is 27.4 Å². The molecule has 108 valence electrons. The van der Waals surface area contributed by atoms with Gasteiger partial charge in [-0.2, -0.15) is 0 Å². The van der Waals surface area contributed by atoms with E-state index < -0.39 is 6.10 Å². The number of fused-ring (bicyclic) bond motifs is 1. The summed E-state index contributed by atoms with van der Waals surface area (Å²) in [6.07, 6.45) is 1.17. The Balaban J connectivity index is 1.61. The number of benzene rings is 2. The van der Waals surface area contributed by atoms with Gasteiger partial charge >= 0.3 is 0 Å². The first-order valence-electron chi connectivity index (χ1n) is 7.00. The van der Waals surface area contributed by atoms with E-state index in [9.17, 15) is 5.11 Å². The number of aromatic nitrogens is 2. The van der Waals surface area contributed by atoms with E-state index in [0.717, 1.165) is 16.8 Å². The largest absolute Gasteiger partial charge is 0.491 e. The van der Waals surface area contributed by atoms with Crippen LogP contribution in [0.15, 0.2) is 54.9 Å². The summed E-state index contributed by atoms with van der Waals surface area (Å²) in [5, 5.41) is 10.1. The lowest BCUT2D eigenvalue weighted by Crippen LogP contribution is -2.23. The number of ether oxygens (including phenoxy) is 1. The van der Waals surface area contributed by atoms with Crippen LogP contribution >= 0.6 is 0 Å². The van der Waals surface area contributed by atoms with Crippen molar-refractivity contribution in [2.24, 2.45) is 0 Å². The van der Waals surface area contributed by atoms with E-state index in [-0.39, 0.29) is 6.61 Å². The van der Waals surface area contributed by atoms with Gasteiger partial charge in [0.15, 0.2) is 0 Å². The average Bonchev–Trinajstić information content (AvgIpc) is 2.90. The van der Waals surface area contributed by atoms with E-state index in [1.165, 1.54) is 5.56 Å². The van der Waals surface area contributed by atoms with E-state index in [0.29, 0.717) is 6.54 Å². The number of hydrogen-bond donors (Lipinski definition) is 1. The Kier molecular flexibility index (Phi) is 3.88. The summed E-state index contributed by atoms with van der Waals surface area (Å²) in [5.41, 5.74) is 3.14. The highest BCUT2D eigenvalue weighted by Gasteiger charge is 2.09. The lowest BCUT2D eigenvalue weighted by Gasteiger charge is -2.13. The second-order valence-electron chi connectivity index (χ2n) is 5.16. The summed E-state index contributed by atoms with van der Waals surface area (Å²) < 4.78 is 7.54. The lowest BCUT2D eigenvalue weighted by atomic mass is 10.2. The predicted molar refractivity (Wildman–Crippen MR) is 82.4 cm³/mol. The lowest BCUT2D eigenvalue weighted by molar-refractivity contribution is 0.0934. The maximum atomic E-state index is 10.1. The molecule has 4 nitrogen and oxygen atoms in total. The summed E-state index contributed by atoms with van der Waals surface area (Å²) in [7, 11) is 0. The second kappa shape index (κ2) is 5.97. The number of hydrogen-bond acceptors (Lipinski definition) is 3. The molecule has 0 aliphatic rings. The molecule has 0 radical (unpaired) electrons. The molecule has 0 saturated heterocycles. The van der Waals surface area contributed by atoms with Crippen molar-refractivity contribution in [3.63, 3.8) is 0 Å². The SMILES string of the molecule is Cc1ccc(OCC(O)Cn2cnc3ccccc32)cc1. The quantitative estimate of drug-likeness (QED) is 0.782. The number of aliphatic hydroxyl groups excluding tert-OH is 1. The molecule has 1 atom stereocenters. The Labute approximate surface area is 123 Å². The second-order valence-corrected chi connectivity index (χ2v) is 5.16. The third-order valence-electron chi connectivity index (χ3n) is 3.40. The first-order chi connectivity index (χ1) is 10.2. The molecule has 0 saturated carbocycles. The fourth-order valence-electron chi connectivity index (χ4n) is 2.26. The van der Waals surface area contributed by atoms with E-state index in [1.54, 1.807) is 6.33 Å². The molecule has 3 aromatic rings. The Morgan fingerprint density at radius 3 is 2.71 bits per heavy atom. The van der Waals surface area contributed by atoms with Gasteiger partial charge in [-0.05, 0) is 31.2 Å². The van der Waals surface area contributed by atoms with Crippen molar-refractivity contribution >= 4 is 11.0 Å². The van der Waals surface area contributed by atoms with E-state index in [1.807, 2.05) is 60.0 Å². The van der Waals surface area contributed by atoms with Gasteiger partial charge in [0.1, 0.15) is 18.5 Å². The van der Waals surface area contributed by atoms with E-state index >= 15 is 0 Å². The first kappa shape index (κ1) is 13.6. The fraction of sp³-hybridized carbons (Fsp3) is 0.235. The number of aliphatic hydroxyl groups is 1. The van der Waals surface area contributed by atoms with Crippen molar-refractivity contribution in [3.8, 4) is 5.75 Å². The Morgan fingerprint density at radius 1 is 1.14 bits per heavy atom. The zero-order chi connectivity index (χ0) is 14.7. The molecule has 1 heterocycles. The van der Waals surface area contributed by atoms with Gasteiger partial charge in [-0.25, -0.2) is 4.98 Å². The van der Waals surface area contributed by atoms with Crippen LogP contribution in [0.5, 0.6) is 5.75 Å². The first-order valence-corrected chi connectivity index (χ1v) is 7.00. The molecular formula is C17H18N2O2. The molecule has 0 fully saturated rings. The summed E-state index contributed by atoms with van der Waals surface area (Å²) in [4.78, 5) is 4.31. The van der Waals surface area contributed by atoms with Crippen LogP contribution in [0.3, 0.4) is 0 Å². The smallest absolute Gasteiger partial charge is 0.119 e. The molecule has 3 rings (SSSR count). The maximum absolute atomic E-state index is 10.1. The predicted octanol–water partition coefficient (Wildman–Crippen LogP) is 2.78. The third kappa shape index (κ3) is 3.23. The molecule has 1 N–H and O–H groups in total. The summed E-state index contributed by atoms with van der Waals surface area (Å²) in [5.74, 6) is 0.773. The van der Waals surface area contributed by atoms with Crippen LogP contribution in [-0.2, 0) is 6.54 Å². The Hall–Kier alpha value is -2.33. The van der Waals surface area contributed by atoms with Crippen LogP contribution < -0.4 is 4.74 Å². The number of para-hydroxylation sites is 2. The zero-order valence-corrected chi connectivity index (χ0v) is 11.9. The minimum absolute atomic E-state index is 0.259. The highest BCUT2D eigenvalue weighted by atomic mass is 16.5. The van der Waals surface area contributed by atoms with Crippen LogP contribution in [0.4, 0.5) is 0 Å². The van der Waals surface area contributed by atoms with Crippen molar-refractivity contribution < 1.29 is 9.84 Å². The van der Waals surface area contributed by atoms with Crippen LogP contribution in [0.25, 0.3) is 11.0 Å². The van der Waals surface area contributed by atoms with Gasteiger partial charge in [0, 0.05) is 0 Å². The normalized spacial score (nSPS) is 12.5. The molecule has 0 amide bonds. The van der Waals surface area contributed by atoms with Crippen molar-refractivity contribution in [2.45, 2.75) is 19.6 Å². The van der Waals surface area contributed by atoms with Gasteiger partial charge in [-0.3, -0.25) is 0 Å². The van der Waals surface area contributed by atoms with Crippen molar-refractivity contribution in [2.75, 3.05) is 6.61 Å². The van der Waals surface area contributed by atoms with Crippen molar-refractivity contribution in [3.05, 3.63) is 60.4 Å². The average molecular weight is 282 g/mol. The van der Waals surface area contributed by atoms with Gasteiger partial charge in [-0.1, -0.05) is 29.8 Å². The molecule has 1 unspecified atom stereocenters. The number of aryl methyl sites for hydroxylation is 1. The monoisotopic (exact) mass is 282 g/mol. The molecule has 0 aliphatic heterocycles. The highest BCUT2D eigenvalue weighted by Crippen LogP contribution is 2.14. The summed E-state index contributed by atoms with van der Waals surface area (Å²) >= 11 is 0. The van der Waals surface area contributed by atoms with E-state index in [4.69, 9.17) is 4.74 Å². The van der Waals surface area contributed by atoms with Crippen LogP contribution in [0, 0.1) is 6.92 Å². The minimum Gasteiger partial charge on any atom is -0.491 e. The van der Waals surface area contributed by atoms with Crippen molar-refractivity contribution in [1.29, 1.82) is 0 Å². The minimum atomic E-state index is -0.580. The van der Waals surface area contributed by atoms with Gasteiger partial charge in [-0.15, -0.1) is 0 Å². The molecule has 21 heavy (non-hydrogen) atoms. The van der Waals surface area contributed by atoms with Crippen LogP contribution in [0.1, 0.15) is 5.56 Å². The number of imidazole rings is 1. The van der Waals surface area contributed by atoms with Gasteiger partial charge in [0.25, 0.3) is 0 Å². The maximum Gasteiger partial charge on any atom is 0.119 e. The standard InChI is InChI=1S/C17H18N2O2/c1-13-6-8-15(9-7-13)21-11-14(20)10-19-12-18-16-4-2-3-5-17(16)19/h2-9,12,14,20H,10-11H2,1H3. The number of rotatable bonds is 5. The molecule has 4 heteroatoms. The van der Waals surface area contributed by atoms with Gasteiger partial charge in [0.05, 0.1) is 23.9 Å². The molecule has 0 aliphatic carbocycles. The van der Waals surface area contributed by atoms with E-state index in [2.05, 4.69) is 4.98 Å². The molecular weight excluding hydrogens is 264 g/mol. The number of nitrogens with zero attached hydrogens (tertiary/aromatic N) is 2. The fourth-order valence-corrected chi connectivity index (χ4v) is 2.26. The zero-order valence-electron chi connectivity index (χ0n) is 11.9. The van der Waals surface area contributed by atoms with Crippen LogP contribution in [0.2, 0.25) is 0 Å². The third-order valence-corrected chi connectivity index (χ3v) is 3.40.